The summed E-state index contributed by atoms with van der Waals surface area (Å²) in [5.41, 5.74) is 8.53. The molecule has 0 spiro atoms. The predicted octanol–water partition coefficient (Wildman–Crippen LogP) is 2.60. The Hall–Kier alpha value is -1.68. The standard InChI is InChI=1S/C11H11N3S/c1-8-4-5-13-9(6-8)2-3-10-7-15-11(12)14-10/h2-7H,1H3,(H2,12,14)/b3-2+. The van der Waals surface area contributed by atoms with E-state index in [2.05, 4.69) is 9.97 Å². The molecule has 0 aliphatic rings. The van der Waals surface area contributed by atoms with Gasteiger partial charge in [-0.05, 0) is 36.8 Å². The van der Waals surface area contributed by atoms with E-state index in [1.165, 1.54) is 16.9 Å². The monoisotopic (exact) mass is 217 g/mol. The lowest BCUT2D eigenvalue weighted by Gasteiger charge is -1.93. The molecule has 2 aromatic rings. The van der Waals surface area contributed by atoms with Crippen LogP contribution in [0.3, 0.4) is 0 Å². The summed E-state index contributed by atoms with van der Waals surface area (Å²) in [6.07, 6.45) is 5.64. The third kappa shape index (κ3) is 2.63. The second-order valence-corrected chi connectivity index (χ2v) is 4.09. The second kappa shape index (κ2) is 4.23. The molecule has 15 heavy (non-hydrogen) atoms. The van der Waals surface area contributed by atoms with Gasteiger partial charge in [-0.25, -0.2) is 4.98 Å². The number of rotatable bonds is 2. The van der Waals surface area contributed by atoms with Crippen LogP contribution in [0.25, 0.3) is 12.2 Å². The molecular formula is C11H11N3S. The van der Waals surface area contributed by atoms with Crippen LogP contribution in [0.15, 0.2) is 23.7 Å². The highest BCUT2D eigenvalue weighted by Gasteiger charge is 1.94. The molecule has 0 bridgehead atoms. The first-order chi connectivity index (χ1) is 7.24. The molecule has 2 heterocycles. The molecule has 3 nitrogen and oxygen atoms in total. The van der Waals surface area contributed by atoms with Gasteiger partial charge in [-0.15, -0.1) is 11.3 Å². The van der Waals surface area contributed by atoms with Gasteiger partial charge in [0.25, 0.3) is 0 Å². The smallest absolute Gasteiger partial charge is 0.180 e. The van der Waals surface area contributed by atoms with Crippen LogP contribution in [0.4, 0.5) is 5.13 Å². The Morgan fingerprint density at radius 3 is 2.80 bits per heavy atom. The van der Waals surface area contributed by atoms with Gasteiger partial charge in [0.15, 0.2) is 5.13 Å². The maximum absolute atomic E-state index is 5.53. The van der Waals surface area contributed by atoms with Crippen LogP contribution in [-0.2, 0) is 0 Å². The topological polar surface area (TPSA) is 51.8 Å². The van der Waals surface area contributed by atoms with Gasteiger partial charge in [0.05, 0.1) is 11.4 Å². The number of hydrogen-bond donors (Lipinski definition) is 1. The van der Waals surface area contributed by atoms with Gasteiger partial charge in [0.2, 0.25) is 0 Å². The number of pyridine rings is 1. The molecule has 0 atom stereocenters. The van der Waals surface area contributed by atoms with Crippen molar-refractivity contribution < 1.29 is 0 Å². The molecule has 4 heteroatoms. The summed E-state index contributed by atoms with van der Waals surface area (Å²) in [5, 5.41) is 2.51. The molecule has 2 N–H and O–H groups in total. The fraction of sp³-hybridized carbons (Fsp3) is 0.0909. The van der Waals surface area contributed by atoms with Crippen LogP contribution in [0, 0.1) is 6.92 Å². The Kier molecular flexibility index (Phi) is 2.78. The minimum absolute atomic E-state index is 0.590. The van der Waals surface area contributed by atoms with Crippen molar-refractivity contribution in [3.8, 4) is 0 Å². The summed E-state index contributed by atoms with van der Waals surface area (Å²) < 4.78 is 0. The Labute approximate surface area is 92.3 Å². The molecule has 0 radical (unpaired) electrons. The number of anilines is 1. The first-order valence-electron chi connectivity index (χ1n) is 4.56. The van der Waals surface area contributed by atoms with E-state index in [1.54, 1.807) is 6.20 Å². The quantitative estimate of drug-likeness (QED) is 0.841. The van der Waals surface area contributed by atoms with Crippen molar-refractivity contribution in [1.29, 1.82) is 0 Å². The average Bonchev–Trinajstić information content (AvgIpc) is 2.62. The van der Waals surface area contributed by atoms with E-state index in [0.29, 0.717) is 5.13 Å². The molecule has 2 rings (SSSR count). The molecule has 0 amide bonds. The van der Waals surface area contributed by atoms with Crippen molar-refractivity contribution in [2.45, 2.75) is 6.92 Å². The van der Waals surface area contributed by atoms with E-state index in [0.717, 1.165) is 11.4 Å². The molecule has 0 fully saturated rings. The first-order valence-corrected chi connectivity index (χ1v) is 5.44. The fourth-order valence-electron chi connectivity index (χ4n) is 1.20. The summed E-state index contributed by atoms with van der Waals surface area (Å²) in [4.78, 5) is 8.35. The van der Waals surface area contributed by atoms with E-state index >= 15 is 0 Å². The van der Waals surface area contributed by atoms with Gasteiger partial charge in [0, 0.05) is 11.6 Å². The maximum Gasteiger partial charge on any atom is 0.180 e. The number of hydrogen-bond acceptors (Lipinski definition) is 4. The van der Waals surface area contributed by atoms with Crippen molar-refractivity contribution in [2.24, 2.45) is 0 Å². The minimum atomic E-state index is 0.590. The van der Waals surface area contributed by atoms with Crippen LogP contribution < -0.4 is 5.73 Å². The van der Waals surface area contributed by atoms with Gasteiger partial charge in [-0.1, -0.05) is 0 Å². The molecule has 0 saturated heterocycles. The van der Waals surface area contributed by atoms with Gasteiger partial charge in [-0.3, -0.25) is 4.98 Å². The molecular weight excluding hydrogens is 206 g/mol. The summed E-state index contributed by atoms with van der Waals surface area (Å²) in [6, 6.07) is 3.99. The zero-order valence-corrected chi connectivity index (χ0v) is 9.16. The highest BCUT2D eigenvalue weighted by Crippen LogP contribution is 2.13. The van der Waals surface area contributed by atoms with Crippen LogP contribution >= 0.6 is 11.3 Å². The van der Waals surface area contributed by atoms with E-state index in [-0.39, 0.29) is 0 Å². The minimum Gasteiger partial charge on any atom is -0.375 e. The summed E-state index contributed by atoms with van der Waals surface area (Å²) in [6.45, 7) is 2.04. The van der Waals surface area contributed by atoms with Crippen LogP contribution in [0.2, 0.25) is 0 Å². The zero-order chi connectivity index (χ0) is 10.7. The lowest BCUT2D eigenvalue weighted by Crippen LogP contribution is -1.82. The third-order valence-corrected chi connectivity index (χ3v) is 2.59. The number of nitrogens with zero attached hydrogens (tertiary/aromatic N) is 2. The molecule has 2 aromatic heterocycles. The first kappa shape index (κ1) is 9.86. The normalized spacial score (nSPS) is 11.0. The number of nitrogen functional groups attached to an aromatic ring is 1. The largest absolute Gasteiger partial charge is 0.375 e. The maximum atomic E-state index is 5.53. The number of aryl methyl sites for hydroxylation is 1. The van der Waals surface area contributed by atoms with Gasteiger partial charge in [-0.2, -0.15) is 0 Å². The summed E-state index contributed by atoms with van der Waals surface area (Å²) in [7, 11) is 0. The SMILES string of the molecule is Cc1ccnc(/C=C/c2csc(N)n2)c1. The predicted molar refractivity (Wildman–Crippen MR) is 64.4 cm³/mol. The van der Waals surface area contributed by atoms with Crippen LogP contribution in [0.5, 0.6) is 0 Å². The number of nitrogens with two attached hydrogens (primary N) is 1. The van der Waals surface area contributed by atoms with E-state index < -0.39 is 0 Å². The van der Waals surface area contributed by atoms with Gasteiger partial charge < -0.3 is 5.73 Å². The molecule has 0 unspecified atom stereocenters. The molecule has 0 aliphatic heterocycles. The highest BCUT2D eigenvalue weighted by atomic mass is 32.1. The Morgan fingerprint density at radius 1 is 1.33 bits per heavy atom. The molecule has 0 saturated carbocycles. The lowest BCUT2D eigenvalue weighted by molar-refractivity contribution is 1.26. The number of thiazole rings is 1. The van der Waals surface area contributed by atoms with Crippen LogP contribution in [-0.4, -0.2) is 9.97 Å². The van der Waals surface area contributed by atoms with E-state index in [4.69, 9.17) is 5.73 Å². The lowest BCUT2D eigenvalue weighted by atomic mass is 10.2. The van der Waals surface area contributed by atoms with Gasteiger partial charge in [0.1, 0.15) is 0 Å². The zero-order valence-electron chi connectivity index (χ0n) is 8.34. The van der Waals surface area contributed by atoms with Crippen molar-refractivity contribution in [2.75, 3.05) is 5.73 Å². The average molecular weight is 217 g/mol. The number of aromatic nitrogens is 2. The van der Waals surface area contributed by atoms with Crippen molar-refractivity contribution in [3.05, 3.63) is 40.7 Å². The van der Waals surface area contributed by atoms with E-state index in [9.17, 15) is 0 Å². The fourth-order valence-corrected chi connectivity index (χ4v) is 1.73. The Bertz CT molecular complexity index is 488. The summed E-state index contributed by atoms with van der Waals surface area (Å²) >= 11 is 1.44. The second-order valence-electron chi connectivity index (χ2n) is 3.20. The van der Waals surface area contributed by atoms with Crippen molar-refractivity contribution in [3.63, 3.8) is 0 Å². The Morgan fingerprint density at radius 2 is 2.13 bits per heavy atom. The van der Waals surface area contributed by atoms with Gasteiger partial charge >= 0.3 is 0 Å². The Balaban J connectivity index is 2.18. The molecule has 0 aromatic carbocycles. The van der Waals surface area contributed by atoms with Crippen LogP contribution in [0.1, 0.15) is 17.0 Å². The third-order valence-electron chi connectivity index (χ3n) is 1.90. The summed E-state index contributed by atoms with van der Waals surface area (Å²) in [5.74, 6) is 0. The van der Waals surface area contributed by atoms with Crippen molar-refractivity contribution >= 4 is 28.6 Å². The van der Waals surface area contributed by atoms with Crippen molar-refractivity contribution in [1.82, 2.24) is 9.97 Å². The molecule has 0 aliphatic carbocycles. The molecule has 76 valence electrons. The van der Waals surface area contributed by atoms with E-state index in [1.807, 2.05) is 36.6 Å². The highest BCUT2D eigenvalue weighted by molar-refractivity contribution is 7.13.